The van der Waals surface area contributed by atoms with Gasteiger partial charge in [-0.1, -0.05) is 36.4 Å². The van der Waals surface area contributed by atoms with Crippen molar-refractivity contribution in [2.75, 3.05) is 13.7 Å². The van der Waals surface area contributed by atoms with Gasteiger partial charge in [-0.2, -0.15) is 0 Å². The van der Waals surface area contributed by atoms with Gasteiger partial charge >= 0.3 is 5.97 Å². The van der Waals surface area contributed by atoms with Gasteiger partial charge < -0.3 is 20.3 Å². The Balaban J connectivity index is 2.27. The van der Waals surface area contributed by atoms with Crippen LogP contribution in [-0.4, -0.2) is 24.7 Å². The number of esters is 1. The molecule has 0 amide bonds. The molecule has 1 heterocycles. The number of nitrogens with two attached hydrogens (primary N) is 1. The zero-order chi connectivity index (χ0) is 15.7. The van der Waals surface area contributed by atoms with Crippen molar-refractivity contribution in [3.05, 3.63) is 64.7 Å². The lowest BCUT2D eigenvalue weighted by Crippen LogP contribution is -2.36. The first-order chi connectivity index (χ1) is 10.6. The Kier molecular flexibility index (Phi) is 3.60. The van der Waals surface area contributed by atoms with Crippen LogP contribution in [-0.2, 0) is 16.9 Å². The number of carbonyl (C=O) groups is 1. The lowest BCUT2D eigenvalue weighted by Gasteiger charge is -2.28. The number of rotatable bonds is 2. The molecule has 0 aliphatic carbocycles. The van der Waals surface area contributed by atoms with Gasteiger partial charge in [-0.05, 0) is 17.2 Å². The zero-order valence-electron chi connectivity index (χ0n) is 12.2. The number of benzene rings is 2. The summed E-state index contributed by atoms with van der Waals surface area (Å²) in [5.41, 5.74) is 6.74. The van der Waals surface area contributed by atoms with E-state index in [4.69, 9.17) is 15.2 Å². The second kappa shape index (κ2) is 5.44. The first-order valence-electron chi connectivity index (χ1n) is 6.97. The van der Waals surface area contributed by atoms with Crippen molar-refractivity contribution < 1.29 is 19.4 Å². The van der Waals surface area contributed by atoms with Gasteiger partial charge in [-0.15, -0.1) is 0 Å². The molecule has 1 aliphatic rings. The minimum absolute atomic E-state index is 0.0228. The van der Waals surface area contributed by atoms with Gasteiger partial charge in [0.2, 0.25) is 0 Å². The molecule has 22 heavy (non-hydrogen) atoms. The first-order valence-corrected chi connectivity index (χ1v) is 6.97. The molecule has 0 radical (unpaired) electrons. The third kappa shape index (κ3) is 2.06. The third-order valence-corrected chi connectivity index (χ3v) is 4.00. The first kappa shape index (κ1) is 14.6. The van der Waals surface area contributed by atoms with Gasteiger partial charge in [0.15, 0.2) is 0 Å². The smallest absolute Gasteiger partial charge is 0.341 e. The van der Waals surface area contributed by atoms with E-state index in [1.165, 1.54) is 7.11 Å². The topological polar surface area (TPSA) is 81.8 Å². The Labute approximate surface area is 128 Å². The van der Waals surface area contributed by atoms with Crippen LogP contribution >= 0.6 is 0 Å². The summed E-state index contributed by atoms with van der Waals surface area (Å²) in [5, 5.41) is 11.2. The average molecular weight is 299 g/mol. The Hall–Kier alpha value is -2.37. The van der Waals surface area contributed by atoms with E-state index < -0.39 is 11.6 Å². The summed E-state index contributed by atoms with van der Waals surface area (Å²) in [6.45, 7) is 0.227. The van der Waals surface area contributed by atoms with E-state index in [1.54, 1.807) is 18.2 Å². The molecule has 3 rings (SSSR count). The fourth-order valence-electron chi connectivity index (χ4n) is 2.85. The molecule has 1 atom stereocenters. The summed E-state index contributed by atoms with van der Waals surface area (Å²) in [7, 11) is 1.31. The van der Waals surface area contributed by atoms with Crippen LogP contribution < -0.4 is 10.5 Å². The van der Waals surface area contributed by atoms with Crippen molar-refractivity contribution in [3.8, 4) is 5.75 Å². The van der Waals surface area contributed by atoms with Gasteiger partial charge in [0.25, 0.3) is 0 Å². The van der Waals surface area contributed by atoms with Crippen molar-refractivity contribution in [1.82, 2.24) is 0 Å². The lowest BCUT2D eigenvalue weighted by molar-refractivity contribution is 0.0593. The Morgan fingerprint density at radius 2 is 2.00 bits per heavy atom. The highest BCUT2D eigenvalue weighted by Crippen LogP contribution is 2.41. The molecule has 1 unspecified atom stereocenters. The molecular weight excluding hydrogens is 282 g/mol. The van der Waals surface area contributed by atoms with Crippen LogP contribution in [0.15, 0.2) is 42.5 Å². The van der Waals surface area contributed by atoms with E-state index >= 15 is 0 Å². The van der Waals surface area contributed by atoms with Crippen LogP contribution in [0, 0.1) is 0 Å². The second-order valence-corrected chi connectivity index (χ2v) is 5.18. The number of para-hydroxylation sites is 1. The second-order valence-electron chi connectivity index (χ2n) is 5.18. The van der Waals surface area contributed by atoms with Gasteiger partial charge in [0, 0.05) is 12.1 Å². The summed E-state index contributed by atoms with van der Waals surface area (Å²) in [6, 6.07) is 12.4. The molecule has 0 aromatic heterocycles. The number of fused-ring (bicyclic) bond motifs is 2. The molecule has 0 spiro atoms. The highest BCUT2D eigenvalue weighted by atomic mass is 16.5. The quantitative estimate of drug-likeness (QED) is 0.822. The van der Waals surface area contributed by atoms with Crippen molar-refractivity contribution >= 4 is 5.97 Å². The predicted molar refractivity (Wildman–Crippen MR) is 80.6 cm³/mol. The number of hydrogen-bond donors (Lipinski definition) is 2. The van der Waals surface area contributed by atoms with Crippen molar-refractivity contribution in [1.29, 1.82) is 0 Å². The maximum atomic E-state index is 12.0. The van der Waals surface area contributed by atoms with Crippen molar-refractivity contribution in [2.24, 2.45) is 5.73 Å². The zero-order valence-corrected chi connectivity index (χ0v) is 12.2. The van der Waals surface area contributed by atoms with Crippen LogP contribution in [0.1, 0.15) is 27.0 Å². The molecule has 0 saturated heterocycles. The molecular formula is C17H17NO4. The highest BCUT2D eigenvalue weighted by molar-refractivity contribution is 5.93. The molecule has 2 aromatic rings. The van der Waals surface area contributed by atoms with E-state index in [9.17, 15) is 9.90 Å². The van der Waals surface area contributed by atoms with Crippen molar-refractivity contribution in [2.45, 2.75) is 12.2 Å². The Morgan fingerprint density at radius 1 is 1.27 bits per heavy atom. The minimum atomic E-state index is -1.41. The molecule has 1 aliphatic heterocycles. The number of methoxy groups -OCH3 is 1. The van der Waals surface area contributed by atoms with E-state index in [2.05, 4.69) is 0 Å². The van der Waals surface area contributed by atoms with Gasteiger partial charge in [-0.3, -0.25) is 0 Å². The molecule has 3 N–H and O–H groups in total. The number of carbonyl (C=O) groups excluding carboxylic acids is 1. The fraction of sp³-hybridized carbons (Fsp3) is 0.235. The molecule has 0 fully saturated rings. The SMILES string of the molecule is COC(=O)c1cccc2c1OCc1ccccc1C2(O)CN. The van der Waals surface area contributed by atoms with Crippen LogP contribution in [0.4, 0.5) is 0 Å². The van der Waals surface area contributed by atoms with Crippen LogP contribution in [0.2, 0.25) is 0 Å². The van der Waals surface area contributed by atoms with Gasteiger partial charge in [-0.25, -0.2) is 4.79 Å². The molecule has 0 saturated carbocycles. The Morgan fingerprint density at radius 3 is 2.73 bits per heavy atom. The summed E-state index contributed by atoms with van der Waals surface area (Å²) in [4.78, 5) is 12.0. The van der Waals surface area contributed by atoms with Gasteiger partial charge in [0.1, 0.15) is 23.5 Å². The van der Waals surface area contributed by atoms with E-state index in [0.29, 0.717) is 16.9 Å². The molecule has 0 bridgehead atoms. The standard InChI is InChI=1S/C17H17NO4/c1-21-16(19)12-6-4-8-14-15(12)22-9-11-5-2-3-7-13(11)17(14,20)10-18/h2-8,20H,9-10,18H2,1H3. The lowest BCUT2D eigenvalue weighted by atomic mass is 9.83. The summed E-state index contributed by atoms with van der Waals surface area (Å²) < 4.78 is 10.6. The van der Waals surface area contributed by atoms with E-state index in [0.717, 1.165) is 5.56 Å². The third-order valence-electron chi connectivity index (χ3n) is 4.00. The summed E-state index contributed by atoms with van der Waals surface area (Å²) in [5.74, 6) is -0.194. The number of aliphatic hydroxyl groups is 1. The van der Waals surface area contributed by atoms with E-state index in [-0.39, 0.29) is 18.7 Å². The van der Waals surface area contributed by atoms with Crippen LogP contribution in [0.5, 0.6) is 5.75 Å². The predicted octanol–water partition coefficient (Wildman–Crippen LogP) is 1.56. The number of ether oxygens (including phenoxy) is 2. The highest BCUT2D eigenvalue weighted by Gasteiger charge is 2.38. The normalized spacial score (nSPS) is 19.4. The fourth-order valence-corrected chi connectivity index (χ4v) is 2.85. The van der Waals surface area contributed by atoms with Crippen molar-refractivity contribution in [3.63, 3.8) is 0 Å². The van der Waals surface area contributed by atoms with E-state index in [1.807, 2.05) is 24.3 Å². The largest absolute Gasteiger partial charge is 0.488 e. The maximum absolute atomic E-state index is 12.0. The Bertz CT molecular complexity index is 728. The summed E-state index contributed by atoms with van der Waals surface area (Å²) >= 11 is 0. The van der Waals surface area contributed by atoms with Crippen LogP contribution in [0.25, 0.3) is 0 Å². The minimum Gasteiger partial charge on any atom is -0.488 e. The average Bonchev–Trinajstić information content (AvgIpc) is 2.70. The molecule has 114 valence electrons. The van der Waals surface area contributed by atoms with Gasteiger partial charge in [0.05, 0.1) is 7.11 Å². The molecule has 5 heteroatoms. The monoisotopic (exact) mass is 299 g/mol. The molecule has 5 nitrogen and oxygen atoms in total. The summed E-state index contributed by atoms with van der Waals surface area (Å²) in [6.07, 6.45) is 0. The molecule has 2 aromatic carbocycles. The number of hydrogen-bond acceptors (Lipinski definition) is 5. The van der Waals surface area contributed by atoms with Crippen LogP contribution in [0.3, 0.4) is 0 Å². The maximum Gasteiger partial charge on any atom is 0.341 e.